The predicted octanol–water partition coefficient (Wildman–Crippen LogP) is 3.66. The van der Waals surface area contributed by atoms with Crippen LogP contribution in [0.15, 0.2) is 40.8 Å². The fraction of sp³-hybridized carbons (Fsp3) is 0.294. The molecule has 0 amide bonds. The second kappa shape index (κ2) is 3.76. The van der Waals surface area contributed by atoms with E-state index in [0.717, 1.165) is 33.3 Å². The summed E-state index contributed by atoms with van der Waals surface area (Å²) >= 11 is 0. The van der Waals surface area contributed by atoms with E-state index in [9.17, 15) is 5.11 Å². The third-order valence-corrected chi connectivity index (χ3v) is 4.18. The number of rotatable bonds is 0. The van der Waals surface area contributed by atoms with Crippen molar-refractivity contribution >= 4 is 21.9 Å². The Balaban J connectivity index is 2.06. The zero-order valence-corrected chi connectivity index (χ0v) is 11.5. The molecule has 0 bridgehead atoms. The molecule has 1 aliphatic heterocycles. The number of aliphatic hydroxyl groups excluding tert-OH is 1. The SMILES string of the molecule is CC1(C)Oc2ccc3oc4ccccc4c3c2C[C@H]1O. The first-order valence-corrected chi connectivity index (χ1v) is 6.86. The molecule has 0 fully saturated rings. The molecule has 102 valence electrons. The van der Waals surface area contributed by atoms with E-state index in [1.807, 2.05) is 50.2 Å². The average Bonchev–Trinajstić information content (AvgIpc) is 2.79. The summed E-state index contributed by atoms with van der Waals surface area (Å²) in [6.07, 6.45) is 0.0673. The van der Waals surface area contributed by atoms with Gasteiger partial charge in [0.15, 0.2) is 0 Å². The van der Waals surface area contributed by atoms with E-state index < -0.39 is 11.7 Å². The molecule has 2 aromatic carbocycles. The van der Waals surface area contributed by atoms with Gasteiger partial charge in [0.05, 0.1) is 6.10 Å². The summed E-state index contributed by atoms with van der Waals surface area (Å²) in [5.41, 5.74) is 2.20. The van der Waals surface area contributed by atoms with Gasteiger partial charge in [0.1, 0.15) is 22.5 Å². The van der Waals surface area contributed by atoms with Crippen LogP contribution in [0.2, 0.25) is 0 Å². The second-order valence-electron chi connectivity index (χ2n) is 5.94. The van der Waals surface area contributed by atoms with Gasteiger partial charge in [0.2, 0.25) is 0 Å². The molecular weight excluding hydrogens is 252 g/mol. The molecule has 2 heterocycles. The van der Waals surface area contributed by atoms with Crippen molar-refractivity contribution < 1.29 is 14.3 Å². The minimum absolute atomic E-state index is 0.519. The lowest BCUT2D eigenvalue weighted by atomic mass is 9.89. The standard InChI is InChI=1S/C17H16O3/c1-17(2)15(18)9-11-13(20-17)7-8-14-16(11)10-5-3-4-6-12(10)19-14/h3-8,15,18H,9H2,1-2H3/t15-/m1/s1. The highest BCUT2D eigenvalue weighted by Gasteiger charge is 2.36. The predicted molar refractivity (Wildman–Crippen MR) is 78.1 cm³/mol. The Morgan fingerprint density at radius 2 is 1.90 bits per heavy atom. The van der Waals surface area contributed by atoms with Crippen molar-refractivity contribution in [1.82, 2.24) is 0 Å². The summed E-state index contributed by atoms with van der Waals surface area (Å²) < 4.78 is 11.8. The highest BCUT2D eigenvalue weighted by Crippen LogP contribution is 2.41. The van der Waals surface area contributed by atoms with E-state index >= 15 is 0 Å². The number of ether oxygens (including phenoxy) is 1. The first-order chi connectivity index (χ1) is 9.56. The molecule has 0 saturated heterocycles. The van der Waals surface area contributed by atoms with Crippen LogP contribution in [0, 0.1) is 0 Å². The molecule has 0 aliphatic carbocycles. The van der Waals surface area contributed by atoms with Crippen LogP contribution < -0.4 is 4.74 Å². The summed E-state index contributed by atoms with van der Waals surface area (Å²) in [7, 11) is 0. The van der Waals surface area contributed by atoms with Crippen molar-refractivity contribution in [3.8, 4) is 5.75 Å². The smallest absolute Gasteiger partial charge is 0.135 e. The first-order valence-electron chi connectivity index (χ1n) is 6.86. The van der Waals surface area contributed by atoms with Crippen LogP contribution in [0.3, 0.4) is 0 Å². The lowest BCUT2D eigenvalue weighted by Gasteiger charge is -2.37. The number of hydrogen-bond donors (Lipinski definition) is 1. The highest BCUT2D eigenvalue weighted by molar-refractivity contribution is 6.07. The van der Waals surface area contributed by atoms with Gasteiger partial charge >= 0.3 is 0 Å². The molecule has 4 rings (SSSR count). The molecule has 0 unspecified atom stereocenters. The van der Waals surface area contributed by atoms with Crippen LogP contribution in [-0.2, 0) is 6.42 Å². The van der Waals surface area contributed by atoms with E-state index in [0.29, 0.717) is 6.42 Å². The molecule has 3 nitrogen and oxygen atoms in total. The summed E-state index contributed by atoms with van der Waals surface area (Å²) in [5, 5.41) is 12.4. The molecule has 20 heavy (non-hydrogen) atoms. The maximum atomic E-state index is 10.3. The number of aliphatic hydroxyl groups is 1. The molecule has 3 aromatic rings. The Kier molecular flexibility index (Phi) is 2.22. The number of benzene rings is 2. The molecule has 3 heteroatoms. The lowest BCUT2D eigenvalue weighted by Crippen LogP contribution is -2.46. The molecule has 1 N–H and O–H groups in total. The quantitative estimate of drug-likeness (QED) is 0.676. The van der Waals surface area contributed by atoms with E-state index in [1.54, 1.807) is 0 Å². The average molecular weight is 268 g/mol. The summed E-state index contributed by atoms with van der Waals surface area (Å²) in [6.45, 7) is 3.83. The molecular formula is C17H16O3. The zero-order valence-electron chi connectivity index (χ0n) is 11.5. The van der Waals surface area contributed by atoms with Gasteiger partial charge in [-0.05, 0) is 32.0 Å². The van der Waals surface area contributed by atoms with Crippen molar-refractivity contribution in [2.75, 3.05) is 0 Å². The van der Waals surface area contributed by atoms with Crippen LogP contribution in [0.1, 0.15) is 19.4 Å². The van der Waals surface area contributed by atoms with Crippen molar-refractivity contribution in [2.45, 2.75) is 32.0 Å². The van der Waals surface area contributed by atoms with Crippen LogP contribution >= 0.6 is 0 Å². The van der Waals surface area contributed by atoms with Crippen LogP contribution in [-0.4, -0.2) is 16.8 Å². The fourth-order valence-corrected chi connectivity index (χ4v) is 2.96. The van der Waals surface area contributed by atoms with Gasteiger partial charge in [-0.25, -0.2) is 0 Å². The largest absolute Gasteiger partial charge is 0.485 e. The third kappa shape index (κ3) is 1.50. The van der Waals surface area contributed by atoms with Crippen molar-refractivity contribution in [1.29, 1.82) is 0 Å². The van der Waals surface area contributed by atoms with E-state index in [2.05, 4.69) is 0 Å². The van der Waals surface area contributed by atoms with Gasteiger partial charge in [-0.3, -0.25) is 0 Å². The maximum absolute atomic E-state index is 10.3. The minimum Gasteiger partial charge on any atom is -0.485 e. The Morgan fingerprint density at radius 3 is 2.75 bits per heavy atom. The van der Waals surface area contributed by atoms with Gasteiger partial charge in [0.25, 0.3) is 0 Å². The van der Waals surface area contributed by atoms with Gasteiger partial charge in [0, 0.05) is 22.8 Å². The summed E-state index contributed by atoms with van der Waals surface area (Å²) in [6, 6.07) is 11.9. The third-order valence-electron chi connectivity index (χ3n) is 4.18. The van der Waals surface area contributed by atoms with Gasteiger partial charge < -0.3 is 14.3 Å². The van der Waals surface area contributed by atoms with Crippen LogP contribution in [0.25, 0.3) is 21.9 Å². The van der Waals surface area contributed by atoms with Crippen molar-refractivity contribution in [3.05, 3.63) is 42.0 Å². The van der Waals surface area contributed by atoms with Crippen molar-refractivity contribution in [2.24, 2.45) is 0 Å². The summed E-state index contributed by atoms with van der Waals surface area (Å²) in [5.74, 6) is 0.847. The Labute approximate surface area is 116 Å². The van der Waals surface area contributed by atoms with E-state index in [4.69, 9.17) is 9.15 Å². The summed E-state index contributed by atoms with van der Waals surface area (Å²) in [4.78, 5) is 0. The first kappa shape index (κ1) is 11.8. The number of fused-ring (bicyclic) bond motifs is 5. The normalized spacial score (nSPS) is 20.9. The van der Waals surface area contributed by atoms with E-state index in [1.165, 1.54) is 0 Å². The monoisotopic (exact) mass is 268 g/mol. The number of hydrogen-bond acceptors (Lipinski definition) is 3. The maximum Gasteiger partial charge on any atom is 0.135 e. The molecule has 0 radical (unpaired) electrons. The number of furan rings is 1. The zero-order chi connectivity index (χ0) is 13.9. The lowest BCUT2D eigenvalue weighted by molar-refractivity contribution is -0.0406. The highest BCUT2D eigenvalue weighted by atomic mass is 16.5. The van der Waals surface area contributed by atoms with Gasteiger partial charge in [-0.1, -0.05) is 18.2 Å². The minimum atomic E-state index is -0.555. The molecule has 0 saturated carbocycles. The second-order valence-corrected chi connectivity index (χ2v) is 5.94. The van der Waals surface area contributed by atoms with E-state index in [-0.39, 0.29) is 0 Å². The molecule has 0 spiro atoms. The molecule has 1 atom stereocenters. The van der Waals surface area contributed by atoms with Gasteiger partial charge in [-0.2, -0.15) is 0 Å². The topological polar surface area (TPSA) is 42.6 Å². The van der Waals surface area contributed by atoms with Crippen LogP contribution in [0.5, 0.6) is 5.75 Å². The van der Waals surface area contributed by atoms with Crippen LogP contribution in [0.4, 0.5) is 0 Å². The number of para-hydroxylation sites is 1. The molecule has 1 aliphatic rings. The van der Waals surface area contributed by atoms with Crippen molar-refractivity contribution in [3.63, 3.8) is 0 Å². The molecule has 1 aromatic heterocycles. The Morgan fingerprint density at radius 1 is 1.10 bits per heavy atom. The fourth-order valence-electron chi connectivity index (χ4n) is 2.96. The Hall–Kier alpha value is -2.00. The van der Waals surface area contributed by atoms with Gasteiger partial charge in [-0.15, -0.1) is 0 Å². The Bertz CT molecular complexity index is 814.